The Hall–Kier alpha value is -4.44. The summed E-state index contributed by atoms with van der Waals surface area (Å²) in [6.07, 6.45) is 7.13. The van der Waals surface area contributed by atoms with Gasteiger partial charge in [0.2, 0.25) is 0 Å². The summed E-state index contributed by atoms with van der Waals surface area (Å²) in [6, 6.07) is 18.6. The van der Waals surface area contributed by atoms with Crippen molar-refractivity contribution in [1.29, 1.82) is 0 Å². The maximum Gasteiger partial charge on any atom is 0.338 e. The quantitative estimate of drug-likeness (QED) is 0.0655. The van der Waals surface area contributed by atoms with E-state index in [4.69, 9.17) is 19.3 Å². The third kappa shape index (κ3) is 11.1. The molecular weight excluding hydrogens is 554 g/mol. The zero-order valence-corrected chi connectivity index (χ0v) is 24.7. The molecule has 0 saturated carbocycles. The van der Waals surface area contributed by atoms with Crippen LogP contribution in [0.3, 0.4) is 0 Å². The van der Waals surface area contributed by atoms with Crippen molar-refractivity contribution in [3.8, 4) is 22.6 Å². The lowest BCUT2D eigenvalue weighted by atomic mass is 10.0. The second kappa shape index (κ2) is 17.5. The van der Waals surface area contributed by atoms with Gasteiger partial charge in [0.1, 0.15) is 11.9 Å². The van der Waals surface area contributed by atoms with E-state index in [2.05, 4.69) is 4.74 Å². The lowest BCUT2D eigenvalue weighted by molar-refractivity contribution is -0.386. The maximum absolute atomic E-state index is 11.6. The van der Waals surface area contributed by atoms with Crippen molar-refractivity contribution in [3.05, 3.63) is 88.0 Å². The predicted molar refractivity (Wildman–Crippen MR) is 162 cm³/mol. The zero-order valence-electron chi connectivity index (χ0n) is 24.7. The van der Waals surface area contributed by atoms with Gasteiger partial charge in [0.05, 0.1) is 36.4 Å². The molecule has 3 aromatic carbocycles. The van der Waals surface area contributed by atoms with Crippen LogP contribution in [0.25, 0.3) is 11.1 Å². The summed E-state index contributed by atoms with van der Waals surface area (Å²) >= 11 is 0. The molecule has 1 N–H and O–H groups in total. The molecule has 0 amide bonds. The minimum Gasteiger partial charge on any atom is -0.494 e. The molecule has 0 radical (unpaired) electrons. The van der Waals surface area contributed by atoms with Gasteiger partial charge in [-0.2, -0.15) is 0 Å². The van der Waals surface area contributed by atoms with Crippen LogP contribution in [0.15, 0.2) is 66.7 Å². The molecule has 3 aromatic rings. The van der Waals surface area contributed by atoms with Crippen LogP contribution in [0, 0.1) is 10.1 Å². The van der Waals surface area contributed by atoms with E-state index in [-0.39, 0.29) is 28.7 Å². The summed E-state index contributed by atoms with van der Waals surface area (Å²) in [5.41, 5.74) is 2.03. The number of carbonyl (C=O) groups excluding carboxylic acids is 1. The molecule has 10 heteroatoms. The number of carboxylic acids is 1. The van der Waals surface area contributed by atoms with E-state index >= 15 is 0 Å². The third-order valence-corrected chi connectivity index (χ3v) is 6.78. The van der Waals surface area contributed by atoms with Gasteiger partial charge in [0, 0.05) is 12.7 Å². The largest absolute Gasteiger partial charge is 0.494 e. The number of hydrogen-bond donors (Lipinski definition) is 1. The van der Waals surface area contributed by atoms with Gasteiger partial charge in [-0.25, -0.2) is 9.59 Å². The average molecular weight is 594 g/mol. The maximum atomic E-state index is 11.6. The number of carbonyl (C=O) groups is 2. The Kier molecular flexibility index (Phi) is 13.5. The minimum atomic E-state index is -0.934. The van der Waals surface area contributed by atoms with Crippen molar-refractivity contribution in [1.82, 2.24) is 0 Å². The second-order valence-electron chi connectivity index (χ2n) is 10.2. The molecule has 0 spiro atoms. The number of nitro benzene ring substituents is 1. The first kappa shape index (κ1) is 33.1. The molecular formula is C33H39NO9. The Morgan fingerprint density at radius 1 is 0.814 bits per heavy atom. The highest BCUT2D eigenvalue weighted by Crippen LogP contribution is 2.29. The highest BCUT2D eigenvalue weighted by Gasteiger charge is 2.21. The summed E-state index contributed by atoms with van der Waals surface area (Å²) in [7, 11) is 1.22. The van der Waals surface area contributed by atoms with Gasteiger partial charge in [0.15, 0.2) is 5.75 Å². The monoisotopic (exact) mass is 593 g/mol. The molecule has 0 aliphatic rings. The number of nitro groups is 1. The zero-order chi connectivity index (χ0) is 31.0. The molecule has 0 bridgehead atoms. The number of nitrogens with zero attached hydrogens (tertiary/aromatic N) is 1. The molecule has 3 rings (SSSR count). The number of benzene rings is 3. The van der Waals surface area contributed by atoms with Crippen LogP contribution < -0.4 is 9.47 Å². The number of rotatable bonds is 19. The van der Waals surface area contributed by atoms with Gasteiger partial charge in [-0.1, -0.05) is 56.4 Å². The van der Waals surface area contributed by atoms with Crippen LogP contribution >= 0.6 is 0 Å². The number of hydrogen-bond acceptors (Lipinski definition) is 8. The van der Waals surface area contributed by atoms with Gasteiger partial charge in [-0.15, -0.1) is 0 Å². The first-order chi connectivity index (χ1) is 20.8. The number of aromatic carboxylic acids is 1. The Bertz CT molecular complexity index is 1320. The molecule has 0 heterocycles. The van der Waals surface area contributed by atoms with Gasteiger partial charge >= 0.3 is 17.6 Å². The first-order valence-corrected chi connectivity index (χ1v) is 14.5. The van der Waals surface area contributed by atoms with Crippen molar-refractivity contribution in [2.24, 2.45) is 0 Å². The van der Waals surface area contributed by atoms with Crippen LogP contribution in [0.4, 0.5) is 5.69 Å². The van der Waals surface area contributed by atoms with Crippen molar-refractivity contribution in [2.75, 3.05) is 26.9 Å². The third-order valence-electron chi connectivity index (χ3n) is 6.78. The second-order valence-corrected chi connectivity index (χ2v) is 10.2. The molecule has 0 fully saturated rings. The predicted octanol–water partition coefficient (Wildman–Crippen LogP) is 7.34. The van der Waals surface area contributed by atoms with E-state index in [1.807, 2.05) is 24.3 Å². The molecule has 1 atom stereocenters. The smallest absolute Gasteiger partial charge is 0.338 e. The van der Waals surface area contributed by atoms with Gasteiger partial charge in [-0.05, 0) is 67.3 Å². The average Bonchev–Trinajstić information content (AvgIpc) is 3.01. The van der Waals surface area contributed by atoms with Gasteiger partial charge < -0.3 is 24.1 Å². The summed E-state index contributed by atoms with van der Waals surface area (Å²) in [4.78, 5) is 33.4. The number of esters is 1. The van der Waals surface area contributed by atoms with Crippen molar-refractivity contribution >= 4 is 17.6 Å². The Morgan fingerprint density at radius 2 is 1.37 bits per heavy atom. The Morgan fingerprint density at radius 3 is 1.95 bits per heavy atom. The molecule has 10 nitrogen and oxygen atoms in total. The molecule has 1 unspecified atom stereocenters. The van der Waals surface area contributed by atoms with E-state index in [0.717, 1.165) is 67.9 Å². The van der Waals surface area contributed by atoms with E-state index in [1.165, 1.54) is 19.2 Å². The van der Waals surface area contributed by atoms with Gasteiger partial charge in [-0.3, -0.25) is 10.1 Å². The van der Waals surface area contributed by atoms with E-state index < -0.39 is 16.9 Å². The number of unbranched alkanes of at least 4 members (excludes halogenated alkanes) is 6. The topological polar surface area (TPSA) is 134 Å². The molecule has 0 saturated heterocycles. The highest BCUT2D eigenvalue weighted by molar-refractivity contribution is 5.90. The number of ether oxygens (including phenoxy) is 4. The molecule has 43 heavy (non-hydrogen) atoms. The van der Waals surface area contributed by atoms with Crippen LogP contribution in [0.1, 0.15) is 72.6 Å². The Labute approximate surface area is 251 Å². The van der Waals surface area contributed by atoms with E-state index in [9.17, 15) is 19.7 Å². The Balaban J connectivity index is 1.20. The molecule has 0 aliphatic heterocycles. The number of carboxylic acid groups (broad SMARTS) is 1. The molecule has 230 valence electrons. The summed E-state index contributed by atoms with van der Waals surface area (Å²) in [5.74, 6) is -0.681. The fourth-order valence-corrected chi connectivity index (χ4v) is 4.43. The van der Waals surface area contributed by atoms with Crippen LogP contribution in [0.2, 0.25) is 0 Å². The van der Waals surface area contributed by atoms with Crippen LogP contribution in [0.5, 0.6) is 11.5 Å². The lowest BCUT2D eigenvalue weighted by Crippen LogP contribution is -2.20. The van der Waals surface area contributed by atoms with Crippen LogP contribution in [-0.2, 0) is 9.47 Å². The van der Waals surface area contributed by atoms with Crippen molar-refractivity contribution < 1.29 is 38.6 Å². The summed E-state index contributed by atoms with van der Waals surface area (Å²) in [5, 5.41) is 20.4. The fourth-order valence-electron chi connectivity index (χ4n) is 4.43. The summed E-state index contributed by atoms with van der Waals surface area (Å²) in [6.45, 7) is 3.34. The first-order valence-electron chi connectivity index (χ1n) is 14.5. The van der Waals surface area contributed by atoms with Crippen LogP contribution in [-0.4, -0.2) is 55.0 Å². The van der Waals surface area contributed by atoms with Crippen molar-refractivity contribution in [2.45, 2.75) is 58.0 Å². The number of methoxy groups -OCH3 is 1. The van der Waals surface area contributed by atoms with E-state index in [0.29, 0.717) is 19.8 Å². The molecule has 0 aliphatic carbocycles. The SMILES string of the molecule is COC(=O)c1ccc(OC(C)COCCCCCCCCCOc2ccc(-c3ccc(C(=O)O)cc3)cc2)c([N+](=O)[O-])c1. The van der Waals surface area contributed by atoms with Gasteiger partial charge in [0.25, 0.3) is 0 Å². The summed E-state index contributed by atoms with van der Waals surface area (Å²) < 4.78 is 21.8. The lowest BCUT2D eigenvalue weighted by Gasteiger charge is -2.15. The normalized spacial score (nSPS) is 11.5. The highest BCUT2D eigenvalue weighted by atomic mass is 16.6. The standard InChI is InChI=1S/C33H39NO9/c1-24(43-31-19-16-28(33(37)40-2)22-30(31)34(38)39)23-41-20-8-6-4-3-5-7-9-21-42-29-17-14-26(15-18-29)25-10-12-27(13-11-25)32(35)36/h10-19,22,24H,3-9,20-21,23H2,1-2H3,(H,35,36). The van der Waals surface area contributed by atoms with E-state index in [1.54, 1.807) is 31.2 Å². The molecule has 0 aromatic heterocycles. The minimum absolute atomic E-state index is 0.0825. The van der Waals surface area contributed by atoms with Crippen molar-refractivity contribution in [3.63, 3.8) is 0 Å². The fraction of sp³-hybridized carbons (Fsp3) is 0.394.